The average Bonchev–Trinajstić information content (AvgIpc) is 3.25. The second-order valence-corrected chi connectivity index (χ2v) is 7.30. The molecule has 3 heterocycles. The number of rotatable bonds is 7. The maximum atomic E-state index is 5.06. The first-order chi connectivity index (χ1) is 11.2. The zero-order chi connectivity index (χ0) is 16.2. The van der Waals surface area contributed by atoms with Crippen LogP contribution in [0.5, 0.6) is 0 Å². The molecule has 3 aromatic heterocycles. The summed E-state index contributed by atoms with van der Waals surface area (Å²) < 4.78 is 7.41. The molecule has 3 aromatic rings. The van der Waals surface area contributed by atoms with Crippen molar-refractivity contribution >= 4 is 27.8 Å². The molecule has 0 aliphatic heterocycles. The third-order valence-corrected chi connectivity index (χ3v) is 5.49. The Labute approximate surface area is 144 Å². The molecule has 6 heteroatoms. The van der Waals surface area contributed by atoms with Gasteiger partial charge in [-0.15, -0.1) is 22.7 Å². The molecule has 0 aromatic carbocycles. The van der Waals surface area contributed by atoms with Gasteiger partial charge in [-0.2, -0.15) is 0 Å². The van der Waals surface area contributed by atoms with E-state index in [1.165, 1.54) is 21.8 Å². The van der Waals surface area contributed by atoms with Crippen molar-refractivity contribution < 1.29 is 4.74 Å². The van der Waals surface area contributed by atoms with E-state index in [4.69, 9.17) is 9.72 Å². The molecule has 0 saturated carbocycles. The van der Waals surface area contributed by atoms with E-state index >= 15 is 0 Å². The molecule has 3 rings (SSSR count). The number of anilines is 1. The van der Waals surface area contributed by atoms with Crippen LogP contribution in [0.2, 0.25) is 0 Å². The third kappa shape index (κ3) is 3.65. The number of nitrogens with zero attached hydrogens (tertiary/aromatic N) is 2. The van der Waals surface area contributed by atoms with Crippen LogP contribution in [0, 0.1) is 13.8 Å². The number of aryl methyl sites for hydroxylation is 1. The Balaban J connectivity index is 1.80. The molecule has 0 spiro atoms. The highest BCUT2D eigenvalue weighted by atomic mass is 32.1. The lowest BCUT2D eigenvalue weighted by atomic mass is 10.2. The maximum Gasteiger partial charge on any atom is 0.183 e. The first-order valence-corrected chi connectivity index (χ1v) is 9.33. The summed E-state index contributed by atoms with van der Waals surface area (Å²) in [5.74, 6) is 0. The van der Waals surface area contributed by atoms with Crippen molar-refractivity contribution in [2.45, 2.75) is 20.4 Å². The van der Waals surface area contributed by atoms with Crippen molar-refractivity contribution in [2.75, 3.05) is 25.6 Å². The van der Waals surface area contributed by atoms with E-state index < -0.39 is 0 Å². The highest BCUT2D eigenvalue weighted by Gasteiger charge is 2.14. The molecule has 0 bridgehead atoms. The van der Waals surface area contributed by atoms with Crippen LogP contribution in [-0.2, 0) is 11.3 Å². The normalized spacial score (nSPS) is 11.1. The van der Waals surface area contributed by atoms with Crippen molar-refractivity contribution in [2.24, 2.45) is 0 Å². The topological polar surface area (TPSA) is 39.1 Å². The van der Waals surface area contributed by atoms with Crippen LogP contribution in [0.15, 0.2) is 29.0 Å². The van der Waals surface area contributed by atoms with Gasteiger partial charge in [-0.25, -0.2) is 4.98 Å². The highest BCUT2D eigenvalue weighted by molar-refractivity contribution is 7.14. The van der Waals surface area contributed by atoms with Gasteiger partial charge in [0.15, 0.2) is 5.13 Å². The van der Waals surface area contributed by atoms with Crippen LogP contribution >= 0.6 is 22.7 Å². The van der Waals surface area contributed by atoms with E-state index in [9.17, 15) is 0 Å². The van der Waals surface area contributed by atoms with Gasteiger partial charge in [0.05, 0.1) is 18.8 Å². The largest absolute Gasteiger partial charge is 0.383 e. The standard InChI is InChI=1S/C17H21N3OS2/c1-12-9-15(13(2)20(12)10-14-5-4-8-22-14)16-11-23-17(19-16)18-6-7-21-3/h4-5,8-9,11H,6-7,10H2,1-3H3,(H,18,19). The molecular weight excluding hydrogens is 326 g/mol. The van der Waals surface area contributed by atoms with Crippen LogP contribution in [0.4, 0.5) is 5.13 Å². The smallest absolute Gasteiger partial charge is 0.183 e. The monoisotopic (exact) mass is 347 g/mol. The fourth-order valence-electron chi connectivity index (χ4n) is 2.60. The fourth-order valence-corrected chi connectivity index (χ4v) is 4.03. The molecule has 0 aliphatic rings. The highest BCUT2D eigenvalue weighted by Crippen LogP contribution is 2.30. The minimum Gasteiger partial charge on any atom is -0.383 e. The van der Waals surface area contributed by atoms with Gasteiger partial charge >= 0.3 is 0 Å². The van der Waals surface area contributed by atoms with Crippen LogP contribution in [0.3, 0.4) is 0 Å². The molecule has 0 unspecified atom stereocenters. The van der Waals surface area contributed by atoms with Gasteiger partial charge in [-0.05, 0) is 31.4 Å². The van der Waals surface area contributed by atoms with Gasteiger partial charge in [0.2, 0.25) is 0 Å². The first-order valence-electron chi connectivity index (χ1n) is 7.57. The van der Waals surface area contributed by atoms with Gasteiger partial charge in [-0.3, -0.25) is 0 Å². The Morgan fingerprint density at radius 2 is 2.17 bits per heavy atom. The first kappa shape index (κ1) is 16.2. The van der Waals surface area contributed by atoms with E-state index in [1.807, 2.05) is 0 Å². The molecule has 0 radical (unpaired) electrons. The van der Waals surface area contributed by atoms with Gasteiger partial charge in [0.25, 0.3) is 0 Å². The molecule has 0 saturated heterocycles. The number of aromatic nitrogens is 2. The zero-order valence-corrected chi connectivity index (χ0v) is 15.3. The Morgan fingerprint density at radius 3 is 2.91 bits per heavy atom. The number of thiazole rings is 1. The van der Waals surface area contributed by atoms with Crippen LogP contribution in [0.1, 0.15) is 16.3 Å². The van der Waals surface area contributed by atoms with Gasteiger partial charge in [0.1, 0.15) is 0 Å². The van der Waals surface area contributed by atoms with E-state index in [0.717, 1.165) is 23.9 Å². The minimum absolute atomic E-state index is 0.685. The molecule has 0 atom stereocenters. The van der Waals surface area contributed by atoms with Crippen molar-refractivity contribution in [1.82, 2.24) is 9.55 Å². The van der Waals surface area contributed by atoms with Crippen molar-refractivity contribution in [1.29, 1.82) is 0 Å². The second-order valence-electron chi connectivity index (χ2n) is 5.41. The number of hydrogen-bond donors (Lipinski definition) is 1. The third-order valence-electron chi connectivity index (χ3n) is 3.83. The zero-order valence-electron chi connectivity index (χ0n) is 13.6. The Hall–Kier alpha value is -1.63. The maximum absolute atomic E-state index is 5.06. The van der Waals surface area contributed by atoms with Crippen molar-refractivity contribution in [3.63, 3.8) is 0 Å². The Morgan fingerprint density at radius 1 is 1.30 bits per heavy atom. The summed E-state index contributed by atoms with van der Waals surface area (Å²) in [6.45, 7) is 6.73. The molecule has 0 amide bonds. The Kier molecular flexibility index (Phi) is 5.15. The molecule has 1 N–H and O–H groups in total. The molecular formula is C17H21N3OS2. The number of hydrogen-bond acceptors (Lipinski definition) is 5. The van der Waals surface area contributed by atoms with Gasteiger partial charge in [0, 0.05) is 40.9 Å². The SMILES string of the molecule is COCCNc1nc(-c2cc(C)n(Cc3cccs3)c2C)cs1. The quantitative estimate of drug-likeness (QED) is 0.644. The summed E-state index contributed by atoms with van der Waals surface area (Å²) in [4.78, 5) is 6.08. The molecule has 4 nitrogen and oxygen atoms in total. The number of thiophene rings is 1. The lowest BCUT2D eigenvalue weighted by Gasteiger charge is -2.08. The van der Waals surface area contributed by atoms with E-state index in [1.54, 1.807) is 29.8 Å². The van der Waals surface area contributed by atoms with Gasteiger partial charge in [-0.1, -0.05) is 6.07 Å². The summed E-state index contributed by atoms with van der Waals surface area (Å²) in [5, 5.41) is 8.48. The predicted molar refractivity (Wildman–Crippen MR) is 98.8 cm³/mol. The van der Waals surface area contributed by atoms with Crippen molar-refractivity contribution in [3.05, 3.63) is 45.2 Å². The molecule has 122 valence electrons. The van der Waals surface area contributed by atoms with E-state index in [-0.39, 0.29) is 0 Å². The summed E-state index contributed by atoms with van der Waals surface area (Å²) in [6, 6.07) is 6.52. The second kappa shape index (κ2) is 7.29. The average molecular weight is 348 g/mol. The lowest BCUT2D eigenvalue weighted by molar-refractivity contribution is 0.211. The summed E-state index contributed by atoms with van der Waals surface area (Å²) in [5.41, 5.74) is 4.80. The lowest BCUT2D eigenvalue weighted by Crippen LogP contribution is -2.07. The fraction of sp³-hybridized carbons (Fsp3) is 0.353. The number of nitrogens with one attached hydrogen (secondary N) is 1. The summed E-state index contributed by atoms with van der Waals surface area (Å²) >= 11 is 3.44. The van der Waals surface area contributed by atoms with E-state index in [0.29, 0.717) is 6.61 Å². The summed E-state index contributed by atoms with van der Waals surface area (Å²) in [6.07, 6.45) is 0. The van der Waals surface area contributed by atoms with Crippen LogP contribution in [0.25, 0.3) is 11.3 Å². The minimum atomic E-state index is 0.685. The number of methoxy groups -OCH3 is 1. The van der Waals surface area contributed by atoms with E-state index in [2.05, 4.69) is 52.7 Å². The Bertz CT molecular complexity index is 759. The summed E-state index contributed by atoms with van der Waals surface area (Å²) in [7, 11) is 1.71. The number of ether oxygens (including phenoxy) is 1. The van der Waals surface area contributed by atoms with Crippen LogP contribution in [-0.4, -0.2) is 29.8 Å². The van der Waals surface area contributed by atoms with Crippen molar-refractivity contribution in [3.8, 4) is 11.3 Å². The van der Waals surface area contributed by atoms with Gasteiger partial charge < -0.3 is 14.6 Å². The van der Waals surface area contributed by atoms with Crippen LogP contribution < -0.4 is 5.32 Å². The molecule has 23 heavy (non-hydrogen) atoms. The molecule has 0 aliphatic carbocycles. The predicted octanol–water partition coefficient (Wildman–Crippen LogP) is 4.40. The molecule has 0 fully saturated rings.